The molecule has 0 spiro atoms. The fourth-order valence-corrected chi connectivity index (χ4v) is 2.42. The second-order valence-electron chi connectivity index (χ2n) is 6.45. The van der Waals surface area contributed by atoms with E-state index < -0.39 is 11.7 Å². The third-order valence-electron chi connectivity index (χ3n) is 3.46. The maximum absolute atomic E-state index is 13.1. The lowest BCUT2D eigenvalue weighted by Crippen LogP contribution is -2.26. The summed E-state index contributed by atoms with van der Waals surface area (Å²) in [6.07, 6.45) is 1.29. The van der Waals surface area contributed by atoms with Gasteiger partial charge in [0.1, 0.15) is 11.4 Å². The number of benzene rings is 2. The zero-order chi connectivity index (χ0) is 16.6. The van der Waals surface area contributed by atoms with Crippen LogP contribution in [0, 0.1) is 5.82 Å². The van der Waals surface area contributed by atoms with E-state index in [-0.39, 0.29) is 5.82 Å². The van der Waals surface area contributed by atoms with Gasteiger partial charge >= 0.3 is 6.09 Å². The van der Waals surface area contributed by atoms with Gasteiger partial charge in [0.05, 0.1) is 5.52 Å². The topological polar surface area (TPSA) is 31.2 Å². The molecule has 0 unspecified atom stereocenters. The molecule has 0 saturated heterocycles. The fraction of sp³-hybridized carbons (Fsp3) is 0.211. The Hall–Kier alpha value is -2.62. The first-order valence-electron chi connectivity index (χ1n) is 7.44. The molecule has 0 fully saturated rings. The Morgan fingerprint density at radius 3 is 2.30 bits per heavy atom. The van der Waals surface area contributed by atoms with Crippen molar-refractivity contribution in [1.29, 1.82) is 0 Å². The Bertz CT molecular complexity index is 857. The van der Waals surface area contributed by atoms with Gasteiger partial charge in [-0.3, -0.25) is 4.57 Å². The van der Waals surface area contributed by atoms with Crippen LogP contribution in [0.25, 0.3) is 22.0 Å². The molecule has 0 radical (unpaired) electrons. The molecule has 0 saturated carbocycles. The van der Waals surface area contributed by atoms with E-state index in [0.29, 0.717) is 0 Å². The molecule has 1 aromatic heterocycles. The Morgan fingerprint density at radius 1 is 1.00 bits per heavy atom. The normalized spacial score (nSPS) is 11.7. The molecule has 0 amide bonds. The SMILES string of the molecule is CC(C)(C)OC(=O)n1ccc2ccc(-c3ccc(F)cc3)cc21. The highest BCUT2D eigenvalue weighted by molar-refractivity contribution is 5.92. The van der Waals surface area contributed by atoms with Crippen molar-refractivity contribution in [3.63, 3.8) is 0 Å². The van der Waals surface area contributed by atoms with Crippen molar-refractivity contribution < 1.29 is 13.9 Å². The quantitative estimate of drug-likeness (QED) is 0.616. The van der Waals surface area contributed by atoms with Crippen LogP contribution in [0.3, 0.4) is 0 Å². The number of hydrogen-bond acceptors (Lipinski definition) is 2. The van der Waals surface area contributed by atoms with Crippen molar-refractivity contribution in [2.45, 2.75) is 26.4 Å². The van der Waals surface area contributed by atoms with Crippen molar-refractivity contribution in [2.24, 2.45) is 0 Å². The van der Waals surface area contributed by atoms with E-state index in [4.69, 9.17) is 4.74 Å². The average molecular weight is 311 g/mol. The highest BCUT2D eigenvalue weighted by Gasteiger charge is 2.19. The summed E-state index contributed by atoms with van der Waals surface area (Å²) in [6.45, 7) is 5.50. The summed E-state index contributed by atoms with van der Waals surface area (Å²) >= 11 is 0. The summed E-state index contributed by atoms with van der Waals surface area (Å²) in [5.41, 5.74) is 2.02. The van der Waals surface area contributed by atoms with Gasteiger partial charge in [-0.25, -0.2) is 9.18 Å². The van der Waals surface area contributed by atoms with Crippen LogP contribution in [-0.4, -0.2) is 16.3 Å². The van der Waals surface area contributed by atoms with E-state index in [1.807, 2.05) is 45.0 Å². The van der Waals surface area contributed by atoms with E-state index in [2.05, 4.69) is 0 Å². The summed E-state index contributed by atoms with van der Waals surface area (Å²) < 4.78 is 20.0. The van der Waals surface area contributed by atoms with E-state index in [9.17, 15) is 9.18 Å². The number of carbonyl (C=O) groups excluding carboxylic acids is 1. The maximum atomic E-state index is 13.1. The number of fused-ring (bicyclic) bond motifs is 1. The number of hydrogen-bond donors (Lipinski definition) is 0. The van der Waals surface area contributed by atoms with Gasteiger partial charge < -0.3 is 4.74 Å². The van der Waals surface area contributed by atoms with Gasteiger partial charge in [0.25, 0.3) is 0 Å². The monoisotopic (exact) mass is 311 g/mol. The predicted molar refractivity (Wildman–Crippen MR) is 89.0 cm³/mol. The molecule has 3 rings (SSSR count). The molecular weight excluding hydrogens is 293 g/mol. The van der Waals surface area contributed by atoms with E-state index in [1.165, 1.54) is 16.7 Å². The molecule has 0 aliphatic rings. The van der Waals surface area contributed by atoms with E-state index >= 15 is 0 Å². The highest BCUT2D eigenvalue weighted by Crippen LogP contribution is 2.26. The molecular formula is C19H18FNO2. The van der Waals surface area contributed by atoms with Crippen LogP contribution in [0.5, 0.6) is 0 Å². The van der Waals surface area contributed by atoms with E-state index in [1.54, 1.807) is 18.3 Å². The molecule has 3 aromatic rings. The number of ether oxygens (including phenoxy) is 1. The zero-order valence-corrected chi connectivity index (χ0v) is 13.3. The van der Waals surface area contributed by atoms with Crippen LogP contribution in [0.2, 0.25) is 0 Å². The van der Waals surface area contributed by atoms with Gasteiger partial charge in [-0.15, -0.1) is 0 Å². The molecule has 118 valence electrons. The largest absolute Gasteiger partial charge is 0.443 e. The van der Waals surface area contributed by atoms with Crippen molar-refractivity contribution in [1.82, 2.24) is 4.57 Å². The molecule has 0 atom stereocenters. The lowest BCUT2D eigenvalue weighted by Gasteiger charge is -2.19. The second-order valence-corrected chi connectivity index (χ2v) is 6.45. The first-order chi connectivity index (χ1) is 10.8. The van der Waals surface area contributed by atoms with Crippen LogP contribution in [0.15, 0.2) is 54.7 Å². The number of rotatable bonds is 1. The molecule has 0 aliphatic heterocycles. The standard InChI is InChI=1S/C19H18FNO2/c1-19(2,3)23-18(22)21-11-10-14-4-5-15(12-17(14)21)13-6-8-16(20)9-7-13/h4-12H,1-3H3. The average Bonchev–Trinajstić information content (AvgIpc) is 2.89. The van der Waals surface area contributed by atoms with Crippen molar-refractivity contribution in [3.05, 3.63) is 60.5 Å². The first-order valence-corrected chi connectivity index (χ1v) is 7.44. The second kappa shape index (κ2) is 5.54. The Morgan fingerprint density at radius 2 is 1.65 bits per heavy atom. The first kappa shape index (κ1) is 15.3. The molecule has 4 heteroatoms. The minimum absolute atomic E-state index is 0.271. The van der Waals surface area contributed by atoms with Gasteiger partial charge in [-0.2, -0.15) is 0 Å². The summed E-state index contributed by atoms with van der Waals surface area (Å²) in [5.74, 6) is -0.271. The van der Waals surface area contributed by atoms with Crippen LogP contribution >= 0.6 is 0 Å². The van der Waals surface area contributed by atoms with Crippen molar-refractivity contribution in [3.8, 4) is 11.1 Å². The predicted octanol–water partition coefficient (Wildman–Crippen LogP) is 5.23. The fourth-order valence-electron chi connectivity index (χ4n) is 2.42. The van der Waals surface area contributed by atoms with Crippen LogP contribution in [0.1, 0.15) is 20.8 Å². The highest BCUT2D eigenvalue weighted by atomic mass is 19.1. The Labute approximate surface area is 134 Å². The number of aromatic nitrogens is 1. The third-order valence-corrected chi connectivity index (χ3v) is 3.46. The minimum atomic E-state index is -0.553. The minimum Gasteiger partial charge on any atom is -0.443 e. The smallest absolute Gasteiger partial charge is 0.418 e. The molecule has 0 bridgehead atoms. The van der Waals surface area contributed by atoms with Gasteiger partial charge in [-0.05, 0) is 56.2 Å². The van der Waals surface area contributed by atoms with Crippen LogP contribution in [-0.2, 0) is 4.74 Å². The van der Waals surface area contributed by atoms with Gasteiger partial charge in [0, 0.05) is 11.6 Å². The summed E-state index contributed by atoms with van der Waals surface area (Å²) in [5, 5.41) is 0.946. The Kier molecular flexibility index (Phi) is 3.68. The molecule has 23 heavy (non-hydrogen) atoms. The van der Waals surface area contributed by atoms with Gasteiger partial charge in [0.2, 0.25) is 0 Å². The Balaban J connectivity index is 2.03. The number of nitrogens with zero attached hydrogens (tertiary/aromatic N) is 1. The maximum Gasteiger partial charge on any atom is 0.418 e. The molecule has 0 aliphatic carbocycles. The van der Waals surface area contributed by atoms with Crippen LogP contribution < -0.4 is 0 Å². The molecule has 1 heterocycles. The van der Waals surface area contributed by atoms with Crippen molar-refractivity contribution in [2.75, 3.05) is 0 Å². The van der Waals surface area contributed by atoms with Crippen LogP contribution in [0.4, 0.5) is 9.18 Å². The zero-order valence-electron chi connectivity index (χ0n) is 13.3. The number of carbonyl (C=O) groups is 1. The molecule has 3 nitrogen and oxygen atoms in total. The lowest BCUT2D eigenvalue weighted by molar-refractivity contribution is 0.0544. The summed E-state index contributed by atoms with van der Waals surface area (Å²) in [7, 11) is 0. The van der Waals surface area contributed by atoms with Crippen molar-refractivity contribution >= 4 is 17.0 Å². The summed E-state index contributed by atoms with van der Waals surface area (Å²) in [4.78, 5) is 12.3. The van der Waals surface area contributed by atoms with E-state index in [0.717, 1.165) is 22.0 Å². The summed E-state index contributed by atoms with van der Waals surface area (Å²) in [6, 6.07) is 14.0. The third kappa shape index (κ3) is 3.26. The van der Waals surface area contributed by atoms with Gasteiger partial charge in [0.15, 0.2) is 0 Å². The number of halogens is 1. The molecule has 0 N–H and O–H groups in total. The molecule has 2 aromatic carbocycles. The van der Waals surface area contributed by atoms with Gasteiger partial charge in [-0.1, -0.05) is 24.3 Å². The lowest BCUT2D eigenvalue weighted by atomic mass is 10.0.